The second-order valence-electron chi connectivity index (χ2n) is 3.11. The summed E-state index contributed by atoms with van der Waals surface area (Å²) in [6, 6.07) is 0. The van der Waals surface area contributed by atoms with Crippen LogP contribution >= 0.6 is 12.0 Å². The van der Waals surface area contributed by atoms with E-state index in [1.54, 1.807) is 6.26 Å². The molecule has 0 aliphatic rings. The zero-order valence-electron chi connectivity index (χ0n) is 9.52. The smallest absolute Gasteiger partial charge is 0.395 e. The molecule has 0 aromatic carbocycles. The number of rotatable bonds is 9. The van der Waals surface area contributed by atoms with E-state index >= 15 is 0 Å². The molecule has 0 aliphatic carbocycles. The highest BCUT2D eigenvalue weighted by Crippen LogP contribution is 1.95. The molecule has 0 saturated carbocycles. The van der Waals surface area contributed by atoms with Crippen molar-refractivity contribution < 1.29 is 19.2 Å². The van der Waals surface area contributed by atoms with Gasteiger partial charge in [-0.3, -0.25) is 4.90 Å². The van der Waals surface area contributed by atoms with Crippen molar-refractivity contribution >= 4 is 18.1 Å². The van der Waals surface area contributed by atoms with Gasteiger partial charge in [-0.05, 0) is 13.0 Å². The summed E-state index contributed by atoms with van der Waals surface area (Å²) in [7, 11) is 0. The number of hydrogen-bond donors (Lipinski definition) is 3. The first kappa shape index (κ1) is 15.5. The number of aliphatic hydroxyl groups excluding tert-OH is 2. The molecule has 96 valence electrons. The number of carbonyl (C=O) groups excluding carboxylic acids is 1. The van der Waals surface area contributed by atoms with E-state index in [9.17, 15) is 4.79 Å². The van der Waals surface area contributed by atoms with Crippen LogP contribution in [0.15, 0.2) is 0 Å². The summed E-state index contributed by atoms with van der Waals surface area (Å²) in [4.78, 5) is 12.8. The standard InChI is InChI=1S/C9H20N2O4S/c1-16-15-9(14)10-3-2-4-11(5-7-12)6-8-13/h12-13H,2-8H2,1H3,(H,10,14). The molecule has 0 bridgehead atoms. The molecule has 1 amide bonds. The van der Waals surface area contributed by atoms with Gasteiger partial charge in [0.1, 0.15) is 0 Å². The van der Waals surface area contributed by atoms with Gasteiger partial charge in [0, 0.05) is 25.9 Å². The quantitative estimate of drug-likeness (QED) is 0.385. The van der Waals surface area contributed by atoms with E-state index in [0.29, 0.717) is 19.6 Å². The molecular weight excluding hydrogens is 232 g/mol. The van der Waals surface area contributed by atoms with Gasteiger partial charge in [0.25, 0.3) is 0 Å². The van der Waals surface area contributed by atoms with E-state index in [4.69, 9.17) is 10.2 Å². The minimum absolute atomic E-state index is 0.0714. The molecule has 16 heavy (non-hydrogen) atoms. The molecule has 0 saturated heterocycles. The van der Waals surface area contributed by atoms with Crippen LogP contribution < -0.4 is 5.32 Å². The number of carbonyl (C=O) groups is 1. The summed E-state index contributed by atoms with van der Waals surface area (Å²) in [5, 5.41) is 20.1. The third-order valence-electron chi connectivity index (χ3n) is 1.91. The molecule has 0 unspecified atom stereocenters. The molecule has 0 radical (unpaired) electrons. The lowest BCUT2D eigenvalue weighted by Gasteiger charge is -2.19. The topological polar surface area (TPSA) is 82.0 Å². The first-order valence-electron chi connectivity index (χ1n) is 5.17. The molecule has 0 aromatic heterocycles. The first-order chi connectivity index (χ1) is 7.74. The lowest BCUT2D eigenvalue weighted by Crippen LogP contribution is -2.33. The Bertz CT molecular complexity index is 177. The fourth-order valence-corrected chi connectivity index (χ4v) is 1.43. The number of aliphatic hydroxyl groups is 2. The number of nitrogens with zero attached hydrogens (tertiary/aromatic N) is 1. The Kier molecular flexibility index (Phi) is 10.7. The van der Waals surface area contributed by atoms with Crippen LogP contribution in [0.5, 0.6) is 0 Å². The molecule has 0 aliphatic heterocycles. The molecular formula is C9H20N2O4S. The van der Waals surface area contributed by atoms with Gasteiger partial charge in [-0.2, -0.15) is 0 Å². The fourth-order valence-electron chi connectivity index (χ4n) is 1.22. The maximum Gasteiger partial charge on any atom is 0.419 e. The van der Waals surface area contributed by atoms with Crippen molar-refractivity contribution in [3.8, 4) is 0 Å². The minimum atomic E-state index is -0.441. The van der Waals surface area contributed by atoms with E-state index in [0.717, 1.165) is 25.0 Å². The van der Waals surface area contributed by atoms with Gasteiger partial charge in [0.15, 0.2) is 0 Å². The first-order valence-corrected chi connectivity index (χ1v) is 6.32. The summed E-state index contributed by atoms with van der Waals surface area (Å²) >= 11 is 1.00. The highest BCUT2D eigenvalue weighted by molar-refractivity contribution is 7.94. The lowest BCUT2D eigenvalue weighted by molar-refractivity contribution is 0.159. The molecule has 6 nitrogen and oxygen atoms in total. The molecule has 0 aromatic rings. The van der Waals surface area contributed by atoms with Gasteiger partial charge in [-0.15, -0.1) is 0 Å². The molecule has 0 spiro atoms. The van der Waals surface area contributed by atoms with Gasteiger partial charge < -0.3 is 19.7 Å². The zero-order chi connectivity index (χ0) is 12.2. The van der Waals surface area contributed by atoms with E-state index in [2.05, 4.69) is 9.50 Å². The van der Waals surface area contributed by atoms with Crippen LogP contribution in [-0.4, -0.2) is 66.9 Å². The van der Waals surface area contributed by atoms with Gasteiger partial charge in [0.2, 0.25) is 0 Å². The maximum atomic E-state index is 10.9. The summed E-state index contributed by atoms with van der Waals surface area (Å²) in [5.41, 5.74) is 0. The average Bonchev–Trinajstić information content (AvgIpc) is 2.25. The Labute approximate surface area is 100 Å². The van der Waals surface area contributed by atoms with Gasteiger partial charge >= 0.3 is 6.09 Å². The largest absolute Gasteiger partial charge is 0.419 e. The lowest BCUT2D eigenvalue weighted by atomic mass is 10.3. The van der Waals surface area contributed by atoms with Crippen LogP contribution in [0.2, 0.25) is 0 Å². The summed E-state index contributed by atoms with van der Waals surface area (Å²) < 4.78 is 4.62. The Hall–Kier alpha value is -0.500. The molecule has 0 heterocycles. The maximum absolute atomic E-state index is 10.9. The Morgan fingerprint density at radius 2 is 1.94 bits per heavy atom. The number of amides is 1. The zero-order valence-corrected chi connectivity index (χ0v) is 10.3. The minimum Gasteiger partial charge on any atom is -0.395 e. The van der Waals surface area contributed by atoms with Crippen LogP contribution in [0.25, 0.3) is 0 Å². The second-order valence-corrected chi connectivity index (χ2v) is 3.61. The van der Waals surface area contributed by atoms with E-state index in [1.165, 1.54) is 0 Å². The van der Waals surface area contributed by atoms with Crippen LogP contribution in [0.4, 0.5) is 4.79 Å². The Balaban J connectivity index is 3.49. The predicted molar refractivity (Wildman–Crippen MR) is 63.2 cm³/mol. The number of hydrogen-bond acceptors (Lipinski definition) is 6. The van der Waals surface area contributed by atoms with Crippen molar-refractivity contribution in [1.82, 2.24) is 10.2 Å². The summed E-state index contributed by atoms with van der Waals surface area (Å²) in [6.07, 6.45) is 1.98. The highest BCUT2D eigenvalue weighted by atomic mass is 32.2. The van der Waals surface area contributed by atoms with Crippen LogP contribution in [0.1, 0.15) is 6.42 Å². The summed E-state index contributed by atoms with van der Waals surface area (Å²) in [5.74, 6) is 0. The van der Waals surface area contributed by atoms with Crippen molar-refractivity contribution in [3.63, 3.8) is 0 Å². The molecule has 0 fully saturated rings. The van der Waals surface area contributed by atoms with Gasteiger partial charge in [-0.25, -0.2) is 4.79 Å². The Morgan fingerprint density at radius 1 is 1.31 bits per heavy atom. The fraction of sp³-hybridized carbons (Fsp3) is 0.889. The van der Waals surface area contributed by atoms with Crippen LogP contribution in [-0.2, 0) is 4.18 Å². The van der Waals surface area contributed by atoms with Crippen molar-refractivity contribution in [2.45, 2.75) is 6.42 Å². The normalized spacial score (nSPS) is 10.5. The van der Waals surface area contributed by atoms with E-state index < -0.39 is 6.09 Å². The molecule has 0 rings (SSSR count). The molecule has 3 N–H and O–H groups in total. The molecule has 0 atom stereocenters. The third kappa shape index (κ3) is 8.78. The van der Waals surface area contributed by atoms with Crippen molar-refractivity contribution in [2.75, 3.05) is 45.6 Å². The second kappa shape index (κ2) is 11.0. The average molecular weight is 252 g/mol. The van der Waals surface area contributed by atoms with E-state index in [-0.39, 0.29) is 13.2 Å². The van der Waals surface area contributed by atoms with Crippen LogP contribution in [0, 0.1) is 0 Å². The highest BCUT2D eigenvalue weighted by Gasteiger charge is 2.04. The third-order valence-corrected chi connectivity index (χ3v) is 2.23. The van der Waals surface area contributed by atoms with Crippen LogP contribution in [0.3, 0.4) is 0 Å². The predicted octanol–water partition coefficient (Wildman–Crippen LogP) is -0.333. The SMILES string of the molecule is CSOC(=O)NCCCN(CCO)CCO. The van der Waals surface area contributed by atoms with Gasteiger partial charge in [-0.1, -0.05) is 0 Å². The van der Waals surface area contributed by atoms with Crippen molar-refractivity contribution in [1.29, 1.82) is 0 Å². The monoisotopic (exact) mass is 252 g/mol. The van der Waals surface area contributed by atoms with Crippen molar-refractivity contribution in [3.05, 3.63) is 0 Å². The van der Waals surface area contributed by atoms with Crippen molar-refractivity contribution in [2.24, 2.45) is 0 Å². The van der Waals surface area contributed by atoms with E-state index in [1.807, 2.05) is 4.90 Å². The molecule has 7 heteroatoms. The number of nitrogens with one attached hydrogen (secondary N) is 1. The van der Waals surface area contributed by atoms with Gasteiger partial charge in [0.05, 0.1) is 25.3 Å². The summed E-state index contributed by atoms with van der Waals surface area (Å²) in [6.45, 7) is 2.46. The Morgan fingerprint density at radius 3 is 2.44 bits per heavy atom.